The monoisotopic (exact) mass is 283 g/mol. The van der Waals surface area contributed by atoms with Gasteiger partial charge in [-0.2, -0.15) is 0 Å². The van der Waals surface area contributed by atoms with E-state index in [9.17, 15) is 9.90 Å². The van der Waals surface area contributed by atoms with Gasteiger partial charge in [0, 0.05) is 26.9 Å². The summed E-state index contributed by atoms with van der Waals surface area (Å²) in [7, 11) is 3.29. The number of methoxy groups -OCH3 is 1. The Bertz CT molecular complexity index is 453. The molecule has 0 spiro atoms. The Hall–Kier alpha value is -1.73. The van der Waals surface area contributed by atoms with Gasteiger partial charge in [-0.1, -0.05) is 0 Å². The van der Waals surface area contributed by atoms with E-state index in [1.54, 1.807) is 25.8 Å². The van der Waals surface area contributed by atoms with Gasteiger partial charge >= 0.3 is 5.97 Å². The van der Waals surface area contributed by atoms with Crippen molar-refractivity contribution in [3.63, 3.8) is 0 Å². The van der Waals surface area contributed by atoms with E-state index in [0.717, 1.165) is 0 Å². The molecule has 7 heteroatoms. The summed E-state index contributed by atoms with van der Waals surface area (Å²) in [6.07, 6.45) is 0.813. The van der Waals surface area contributed by atoms with E-state index in [1.165, 1.54) is 13.3 Å². The molecular weight excluding hydrogens is 262 g/mol. The van der Waals surface area contributed by atoms with Crippen LogP contribution in [0.15, 0.2) is 6.20 Å². The summed E-state index contributed by atoms with van der Waals surface area (Å²) in [5.74, 6) is 0.00400. The number of anilines is 1. The predicted octanol–water partition coefficient (Wildman–Crippen LogP) is 0.405. The van der Waals surface area contributed by atoms with Crippen molar-refractivity contribution in [2.24, 2.45) is 0 Å². The van der Waals surface area contributed by atoms with Crippen LogP contribution in [0.5, 0.6) is 0 Å². The molecule has 0 saturated heterocycles. The molecule has 1 heterocycles. The van der Waals surface area contributed by atoms with Crippen molar-refractivity contribution in [1.29, 1.82) is 0 Å². The van der Waals surface area contributed by atoms with Crippen molar-refractivity contribution in [2.45, 2.75) is 20.0 Å². The summed E-state index contributed by atoms with van der Waals surface area (Å²) in [6, 6.07) is 0. The number of aromatic nitrogens is 2. The van der Waals surface area contributed by atoms with Gasteiger partial charge in [0.1, 0.15) is 0 Å². The molecule has 1 rings (SSSR count). The fourth-order valence-corrected chi connectivity index (χ4v) is 1.69. The van der Waals surface area contributed by atoms with E-state index in [-0.39, 0.29) is 6.61 Å². The fourth-order valence-electron chi connectivity index (χ4n) is 1.69. The molecule has 0 aromatic carbocycles. The van der Waals surface area contributed by atoms with Gasteiger partial charge in [0.05, 0.1) is 30.6 Å². The first-order chi connectivity index (χ1) is 9.49. The standard InChI is InChI=1S/C13H21N3O4/c1-5-20-12(18)11-6-14-13(15-9(11)2)16(3)7-10(17)8-19-4/h6,10,17H,5,7-8H2,1-4H3. The Labute approximate surface area is 118 Å². The van der Waals surface area contributed by atoms with Crippen LogP contribution in [-0.2, 0) is 9.47 Å². The molecule has 112 valence electrons. The van der Waals surface area contributed by atoms with Gasteiger partial charge in [0.15, 0.2) is 0 Å². The highest BCUT2D eigenvalue weighted by atomic mass is 16.5. The summed E-state index contributed by atoms with van der Waals surface area (Å²) < 4.78 is 9.78. The number of aryl methyl sites for hydroxylation is 1. The number of aliphatic hydroxyl groups is 1. The van der Waals surface area contributed by atoms with Crippen molar-refractivity contribution in [3.8, 4) is 0 Å². The van der Waals surface area contributed by atoms with Gasteiger partial charge in [-0.05, 0) is 13.8 Å². The summed E-state index contributed by atoms with van der Waals surface area (Å²) in [4.78, 5) is 21.7. The van der Waals surface area contributed by atoms with E-state index in [2.05, 4.69) is 9.97 Å². The number of esters is 1. The van der Waals surface area contributed by atoms with E-state index < -0.39 is 12.1 Å². The highest BCUT2D eigenvalue weighted by Gasteiger charge is 2.15. The van der Waals surface area contributed by atoms with Crippen LogP contribution in [0, 0.1) is 6.92 Å². The topological polar surface area (TPSA) is 84.8 Å². The maximum absolute atomic E-state index is 11.6. The van der Waals surface area contributed by atoms with Gasteiger partial charge < -0.3 is 19.5 Å². The maximum Gasteiger partial charge on any atom is 0.341 e. The number of likely N-dealkylation sites (N-methyl/N-ethyl adjacent to an activating group) is 1. The third kappa shape index (κ3) is 4.43. The Morgan fingerprint density at radius 2 is 2.25 bits per heavy atom. The highest BCUT2D eigenvalue weighted by molar-refractivity contribution is 5.90. The first-order valence-electron chi connectivity index (χ1n) is 6.38. The van der Waals surface area contributed by atoms with Crippen molar-refractivity contribution in [2.75, 3.05) is 38.8 Å². The lowest BCUT2D eigenvalue weighted by molar-refractivity contribution is 0.0524. The second-order valence-corrected chi connectivity index (χ2v) is 4.38. The average Bonchev–Trinajstić information content (AvgIpc) is 2.38. The van der Waals surface area contributed by atoms with Gasteiger partial charge in [-0.3, -0.25) is 0 Å². The second kappa shape index (κ2) is 7.76. The Morgan fingerprint density at radius 3 is 2.80 bits per heavy atom. The molecule has 1 aromatic rings. The van der Waals surface area contributed by atoms with E-state index in [4.69, 9.17) is 9.47 Å². The molecule has 0 aliphatic heterocycles. The predicted molar refractivity (Wildman–Crippen MR) is 73.9 cm³/mol. The number of nitrogens with zero attached hydrogens (tertiary/aromatic N) is 3. The quantitative estimate of drug-likeness (QED) is 0.725. The van der Waals surface area contributed by atoms with Gasteiger partial charge in [0.25, 0.3) is 0 Å². The number of hydrogen-bond donors (Lipinski definition) is 1. The minimum absolute atomic E-state index is 0.240. The fraction of sp³-hybridized carbons (Fsp3) is 0.615. The zero-order valence-electron chi connectivity index (χ0n) is 12.3. The SMILES string of the molecule is CCOC(=O)c1cnc(N(C)CC(O)COC)nc1C. The smallest absolute Gasteiger partial charge is 0.341 e. The molecule has 0 radical (unpaired) electrons. The molecule has 0 aliphatic rings. The van der Waals surface area contributed by atoms with Crippen molar-refractivity contribution >= 4 is 11.9 Å². The van der Waals surface area contributed by atoms with Gasteiger partial charge in [-0.25, -0.2) is 14.8 Å². The number of carbonyl (C=O) groups excluding carboxylic acids is 1. The molecule has 1 unspecified atom stereocenters. The van der Waals surface area contributed by atoms with Crippen LogP contribution in [0.4, 0.5) is 5.95 Å². The molecule has 0 amide bonds. The van der Waals surface area contributed by atoms with Crippen molar-refractivity contribution < 1.29 is 19.4 Å². The summed E-state index contributed by atoms with van der Waals surface area (Å²) in [6.45, 7) is 4.35. The van der Waals surface area contributed by atoms with Crippen LogP contribution >= 0.6 is 0 Å². The lowest BCUT2D eigenvalue weighted by Crippen LogP contribution is -2.33. The zero-order valence-corrected chi connectivity index (χ0v) is 12.3. The van der Waals surface area contributed by atoms with Gasteiger partial charge in [-0.15, -0.1) is 0 Å². The van der Waals surface area contributed by atoms with E-state index >= 15 is 0 Å². The summed E-state index contributed by atoms with van der Waals surface area (Å²) >= 11 is 0. The summed E-state index contributed by atoms with van der Waals surface area (Å²) in [5, 5.41) is 9.67. The molecular formula is C13H21N3O4. The average molecular weight is 283 g/mol. The molecule has 1 atom stereocenters. The first-order valence-corrected chi connectivity index (χ1v) is 6.38. The number of aliphatic hydroxyl groups excluding tert-OH is 1. The van der Waals surface area contributed by atoms with E-state index in [0.29, 0.717) is 30.4 Å². The molecule has 0 saturated carbocycles. The highest BCUT2D eigenvalue weighted by Crippen LogP contribution is 2.11. The Balaban J connectivity index is 2.78. The largest absolute Gasteiger partial charge is 0.462 e. The van der Waals surface area contributed by atoms with Crippen molar-refractivity contribution in [1.82, 2.24) is 9.97 Å². The van der Waals surface area contributed by atoms with Crippen molar-refractivity contribution in [3.05, 3.63) is 17.5 Å². The zero-order chi connectivity index (χ0) is 15.1. The minimum Gasteiger partial charge on any atom is -0.462 e. The molecule has 1 aromatic heterocycles. The number of ether oxygens (including phenoxy) is 2. The number of hydrogen-bond acceptors (Lipinski definition) is 7. The molecule has 0 aliphatic carbocycles. The van der Waals surface area contributed by atoms with Gasteiger partial charge in [0.2, 0.25) is 5.95 Å². The molecule has 0 bridgehead atoms. The van der Waals surface area contributed by atoms with Crippen LogP contribution < -0.4 is 4.90 Å². The Kier molecular flexibility index (Phi) is 6.33. The van der Waals surface area contributed by atoms with E-state index in [1.807, 2.05) is 0 Å². The third-order valence-corrected chi connectivity index (χ3v) is 2.65. The van der Waals surface area contributed by atoms with Crippen LogP contribution in [-0.4, -0.2) is 61.1 Å². The number of rotatable bonds is 7. The number of carbonyl (C=O) groups is 1. The maximum atomic E-state index is 11.6. The molecule has 0 fully saturated rings. The lowest BCUT2D eigenvalue weighted by atomic mass is 10.2. The Morgan fingerprint density at radius 1 is 1.55 bits per heavy atom. The second-order valence-electron chi connectivity index (χ2n) is 4.38. The summed E-state index contributed by atoms with van der Waals surface area (Å²) in [5.41, 5.74) is 0.892. The first kappa shape index (κ1) is 16.3. The molecule has 7 nitrogen and oxygen atoms in total. The normalized spacial score (nSPS) is 12.1. The van der Waals surface area contributed by atoms with Crippen LogP contribution in [0.3, 0.4) is 0 Å². The van der Waals surface area contributed by atoms with Crippen LogP contribution in [0.1, 0.15) is 23.0 Å². The lowest BCUT2D eigenvalue weighted by Gasteiger charge is -2.20. The molecule has 1 N–H and O–H groups in total. The van der Waals surface area contributed by atoms with Crippen LogP contribution in [0.2, 0.25) is 0 Å². The third-order valence-electron chi connectivity index (χ3n) is 2.65. The minimum atomic E-state index is -0.626. The molecule has 20 heavy (non-hydrogen) atoms. The van der Waals surface area contributed by atoms with Crippen LogP contribution in [0.25, 0.3) is 0 Å².